The second-order valence-corrected chi connectivity index (χ2v) is 3.76. The quantitative estimate of drug-likeness (QED) is 0.695. The van der Waals surface area contributed by atoms with Gasteiger partial charge in [-0.2, -0.15) is 5.26 Å². The van der Waals surface area contributed by atoms with Gasteiger partial charge in [-0.25, -0.2) is 0 Å². The number of carbonyl (C=O) groups excluding carboxylic acids is 1. The molecule has 1 rings (SSSR count). The summed E-state index contributed by atoms with van der Waals surface area (Å²) in [7, 11) is 1.61. The molecule has 15 heavy (non-hydrogen) atoms. The van der Waals surface area contributed by atoms with Crippen LogP contribution in [0, 0.1) is 11.3 Å². The number of nitriles is 1. The summed E-state index contributed by atoms with van der Waals surface area (Å²) in [5, 5.41) is 11.7. The molecule has 5 nitrogen and oxygen atoms in total. The van der Waals surface area contributed by atoms with Crippen LogP contribution in [-0.2, 0) is 9.53 Å². The Bertz CT molecular complexity index is 262. The van der Waals surface area contributed by atoms with E-state index in [0.29, 0.717) is 19.7 Å². The summed E-state index contributed by atoms with van der Waals surface area (Å²) < 4.78 is 4.94. The summed E-state index contributed by atoms with van der Waals surface area (Å²) in [6, 6.07) is 1.91. The van der Waals surface area contributed by atoms with Crippen molar-refractivity contribution in [3.8, 4) is 6.07 Å². The van der Waals surface area contributed by atoms with Gasteiger partial charge in [-0.15, -0.1) is 0 Å². The van der Waals surface area contributed by atoms with E-state index in [9.17, 15) is 4.79 Å². The number of rotatable bonds is 4. The van der Waals surface area contributed by atoms with E-state index in [0.717, 1.165) is 0 Å². The molecule has 1 aliphatic rings. The van der Waals surface area contributed by atoms with Crippen LogP contribution in [0.15, 0.2) is 0 Å². The Hall–Kier alpha value is -1.12. The number of hydrogen-bond donors (Lipinski definition) is 1. The van der Waals surface area contributed by atoms with Crippen LogP contribution in [0.4, 0.5) is 0 Å². The van der Waals surface area contributed by atoms with Crippen molar-refractivity contribution >= 4 is 5.91 Å². The van der Waals surface area contributed by atoms with E-state index < -0.39 is 0 Å². The molecule has 0 aromatic heterocycles. The van der Waals surface area contributed by atoms with Gasteiger partial charge in [0.1, 0.15) is 6.04 Å². The fourth-order valence-electron chi connectivity index (χ4n) is 1.75. The number of hydrogen-bond acceptors (Lipinski definition) is 4. The molecule has 0 aromatic rings. The Labute approximate surface area is 90.0 Å². The molecule has 5 heteroatoms. The Morgan fingerprint density at radius 3 is 3.07 bits per heavy atom. The van der Waals surface area contributed by atoms with Crippen LogP contribution < -0.4 is 5.32 Å². The summed E-state index contributed by atoms with van der Waals surface area (Å²) >= 11 is 0. The Balaban J connectivity index is 2.56. The lowest BCUT2D eigenvalue weighted by atomic mass is 10.1. The van der Waals surface area contributed by atoms with Crippen molar-refractivity contribution in [3.63, 3.8) is 0 Å². The van der Waals surface area contributed by atoms with Gasteiger partial charge in [-0.3, -0.25) is 4.79 Å². The Morgan fingerprint density at radius 1 is 1.73 bits per heavy atom. The predicted molar refractivity (Wildman–Crippen MR) is 55.1 cm³/mol. The molecule has 1 amide bonds. The minimum atomic E-state index is -0.351. The normalized spacial score (nSPS) is 26.5. The number of ether oxygens (including phenoxy) is 1. The highest BCUT2D eigenvalue weighted by atomic mass is 16.5. The van der Waals surface area contributed by atoms with Gasteiger partial charge < -0.3 is 15.0 Å². The summed E-state index contributed by atoms with van der Waals surface area (Å²) in [6.45, 7) is 3.84. The molecule has 0 saturated carbocycles. The van der Waals surface area contributed by atoms with E-state index in [-0.39, 0.29) is 24.4 Å². The van der Waals surface area contributed by atoms with Gasteiger partial charge in [-0.1, -0.05) is 0 Å². The largest absolute Gasteiger partial charge is 0.383 e. The number of nitrogens with one attached hydrogen (secondary N) is 1. The maximum Gasteiger partial charge on any atom is 0.240 e. The van der Waals surface area contributed by atoms with Crippen LogP contribution in [0.25, 0.3) is 0 Å². The molecule has 1 heterocycles. The smallest absolute Gasteiger partial charge is 0.240 e. The molecule has 84 valence electrons. The summed E-state index contributed by atoms with van der Waals surface area (Å²) in [6.07, 6.45) is 0.229. The first-order valence-corrected chi connectivity index (χ1v) is 5.09. The van der Waals surface area contributed by atoms with Gasteiger partial charge in [0.05, 0.1) is 19.1 Å². The number of piperazine rings is 1. The zero-order valence-corrected chi connectivity index (χ0v) is 9.19. The molecule has 0 aromatic carbocycles. The number of methoxy groups -OCH3 is 1. The summed E-state index contributed by atoms with van der Waals surface area (Å²) in [4.78, 5) is 13.6. The summed E-state index contributed by atoms with van der Waals surface area (Å²) in [5.74, 6) is 0.00620. The number of amides is 1. The third-order valence-electron chi connectivity index (χ3n) is 2.45. The molecule has 2 unspecified atom stereocenters. The van der Waals surface area contributed by atoms with Crippen LogP contribution in [0.1, 0.15) is 13.3 Å². The minimum absolute atomic E-state index is 0.00620. The second-order valence-electron chi connectivity index (χ2n) is 3.76. The Kier molecular flexibility index (Phi) is 4.53. The molecule has 1 fully saturated rings. The molecule has 2 atom stereocenters. The molecule has 0 aliphatic carbocycles. The van der Waals surface area contributed by atoms with Crippen LogP contribution >= 0.6 is 0 Å². The van der Waals surface area contributed by atoms with Crippen molar-refractivity contribution in [1.29, 1.82) is 5.26 Å². The van der Waals surface area contributed by atoms with E-state index in [1.54, 1.807) is 12.0 Å². The maximum atomic E-state index is 11.8. The number of nitrogens with zero attached hydrogens (tertiary/aromatic N) is 2. The minimum Gasteiger partial charge on any atom is -0.383 e. The van der Waals surface area contributed by atoms with E-state index in [2.05, 4.69) is 5.32 Å². The SMILES string of the molecule is COCCN1CC(C)NC(CC#N)C1=O. The number of carbonyl (C=O) groups is 1. The molecular formula is C10H17N3O2. The van der Waals surface area contributed by atoms with E-state index in [1.807, 2.05) is 13.0 Å². The third kappa shape index (κ3) is 3.18. The van der Waals surface area contributed by atoms with Crippen molar-refractivity contribution < 1.29 is 9.53 Å². The zero-order valence-electron chi connectivity index (χ0n) is 9.19. The van der Waals surface area contributed by atoms with Gasteiger partial charge in [0.2, 0.25) is 5.91 Å². The van der Waals surface area contributed by atoms with Crippen molar-refractivity contribution in [2.45, 2.75) is 25.4 Å². The predicted octanol–water partition coefficient (Wildman–Crippen LogP) is -0.265. The van der Waals surface area contributed by atoms with Crippen molar-refractivity contribution in [3.05, 3.63) is 0 Å². The molecule has 1 N–H and O–H groups in total. The highest BCUT2D eigenvalue weighted by molar-refractivity contribution is 5.83. The summed E-state index contributed by atoms with van der Waals surface area (Å²) in [5.41, 5.74) is 0. The lowest BCUT2D eigenvalue weighted by Gasteiger charge is -2.36. The first-order valence-electron chi connectivity index (χ1n) is 5.09. The third-order valence-corrected chi connectivity index (χ3v) is 2.45. The molecule has 0 bridgehead atoms. The van der Waals surface area contributed by atoms with E-state index in [1.165, 1.54) is 0 Å². The first kappa shape index (κ1) is 12.0. The van der Waals surface area contributed by atoms with Gasteiger partial charge >= 0.3 is 0 Å². The van der Waals surface area contributed by atoms with Gasteiger partial charge in [0.15, 0.2) is 0 Å². The first-order chi connectivity index (χ1) is 7.19. The van der Waals surface area contributed by atoms with E-state index >= 15 is 0 Å². The van der Waals surface area contributed by atoms with Gasteiger partial charge in [0.25, 0.3) is 0 Å². The van der Waals surface area contributed by atoms with Gasteiger partial charge in [-0.05, 0) is 6.92 Å². The Morgan fingerprint density at radius 2 is 2.47 bits per heavy atom. The lowest BCUT2D eigenvalue weighted by molar-refractivity contribution is -0.137. The molecule has 0 spiro atoms. The highest BCUT2D eigenvalue weighted by Gasteiger charge is 2.31. The van der Waals surface area contributed by atoms with Crippen molar-refractivity contribution in [2.24, 2.45) is 0 Å². The lowest BCUT2D eigenvalue weighted by Crippen LogP contribution is -2.59. The zero-order chi connectivity index (χ0) is 11.3. The average Bonchev–Trinajstić information content (AvgIpc) is 2.21. The highest BCUT2D eigenvalue weighted by Crippen LogP contribution is 2.08. The molecule has 1 aliphatic heterocycles. The van der Waals surface area contributed by atoms with Crippen LogP contribution in [0.5, 0.6) is 0 Å². The standard InChI is InChI=1S/C10H17N3O2/c1-8-7-13(5-6-15-2)10(14)9(12-8)3-4-11/h8-9,12H,3,5-7H2,1-2H3. The fourth-order valence-corrected chi connectivity index (χ4v) is 1.75. The van der Waals surface area contributed by atoms with Crippen LogP contribution in [-0.4, -0.2) is 49.7 Å². The molecule has 0 radical (unpaired) electrons. The molecule has 1 saturated heterocycles. The molecular weight excluding hydrogens is 194 g/mol. The average molecular weight is 211 g/mol. The van der Waals surface area contributed by atoms with Crippen molar-refractivity contribution in [1.82, 2.24) is 10.2 Å². The van der Waals surface area contributed by atoms with Crippen LogP contribution in [0.2, 0.25) is 0 Å². The van der Waals surface area contributed by atoms with Crippen LogP contribution in [0.3, 0.4) is 0 Å². The second kappa shape index (κ2) is 5.69. The van der Waals surface area contributed by atoms with Gasteiger partial charge in [0, 0.05) is 26.2 Å². The monoisotopic (exact) mass is 211 g/mol. The maximum absolute atomic E-state index is 11.8. The van der Waals surface area contributed by atoms with E-state index in [4.69, 9.17) is 10.00 Å². The van der Waals surface area contributed by atoms with Crippen molar-refractivity contribution in [2.75, 3.05) is 26.8 Å². The topological polar surface area (TPSA) is 65.4 Å². The fraction of sp³-hybridized carbons (Fsp3) is 0.800.